The fourth-order valence-corrected chi connectivity index (χ4v) is 3.33. The summed E-state index contributed by atoms with van der Waals surface area (Å²) in [5, 5.41) is 13.5. The molecule has 5 nitrogen and oxygen atoms in total. The van der Waals surface area contributed by atoms with E-state index in [1.807, 2.05) is 6.07 Å². The number of fused-ring (bicyclic) bond motifs is 3. The van der Waals surface area contributed by atoms with Crippen LogP contribution < -0.4 is 10.1 Å². The summed E-state index contributed by atoms with van der Waals surface area (Å²) in [6, 6.07) is 9.57. The molecule has 0 radical (unpaired) electrons. The van der Waals surface area contributed by atoms with E-state index in [2.05, 4.69) is 20.0 Å². The van der Waals surface area contributed by atoms with Crippen molar-refractivity contribution < 1.29 is 23.0 Å². The first-order valence-corrected chi connectivity index (χ1v) is 8.59. The molecular weight excluding hydrogens is 371 g/mol. The van der Waals surface area contributed by atoms with Crippen molar-refractivity contribution >= 4 is 0 Å². The van der Waals surface area contributed by atoms with Crippen LogP contribution in [0.2, 0.25) is 0 Å². The third-order valence-electron chi connectivity index (χ3n) is 4.50. The second kappa shape index (κ2) is 7.12. The van der Waals surface area contributed by atoms with Gasteiger partial charge < -0.3 is 15.2 Å². The third kappa shape index (κ3) is 3.91. The van der Waals surface area contributed by atoms with Crippen molar-refractivity contribution in [3.8, 4) is 22.6 Å². The van der Waals surface area contributed by atoms with Crippen LogP contribution in [0.3, 0.4) is 0 Å². The van der Waals surface area contributed by atoms with E-state index in [4.69, 9.17) is 0 Å². The summed E-state index contributed by atoms with van der Waals surface area (Å²) in [4.78, 5) is 8.25. The highest BCUT2D eigenvalue weighted by Crippen LogP contribution is 2.41. The zero-order chi connectivity index (χ0) is 19.7. The van der Waals surface area contributed by atoms with Gasteiger partial charge in [-0.25, -0.2) is 9.97 Å². The Hall–Kier alpha value is -3.13. The lowest BCUT2D eigenvalue weighted by atomic mass is 10.0. The molecule has 4 rings (SSSR count). The molecule has 0 unspecified atom stereocenters. The second-order valence-electron chi connectivity index (χ2n) is 6.45. The molecule has 0 spiro atoms. The molecule has 0 bridgehead atoms. The lowest BCUT2D eigenvalue weighted by molar-refractivity contribution is -0.274. The number of nitrogens with one attached hydrogen (secondary N) is 1. The Bertz CT molecular complexity index is 1010. The Balaban J connectivity index is 1.53. The fraction of sp³-hybridized carbons (Fsp3) is 0.200. The van der Waals surface area contributed by atoms with Crippen molar-refractivity contribution in [1.29, 1.82) is 0 Å². The standard InChI is InChI=1S/C20H16F3N3O2/c21-20(22,23)28-15-2-3-16-12(7-15)6-13-9-18(27)14(8-17(13)16)10-24-11-19-25-4-1-5-26-19/h1-5,7-9,24,27H,6,10-11H2. The Morgan fingerprint density at radius 2 is 1.75 bits per heavy atom. The molecule has 8 heteroatoms. The van der Waals surface area contributed by atoms with E-state index < -0.39 is 6.36 Å². The predicted octanol–water partition coefficient (Wildman–Crippen LogP) is 3.94. The number of ether oxygens (including phenoxy) is 1. The summed E-state index contributed by atoms with van der Waals surface area (Å²) < 4.78 is 41.3. The SMILES string of the molecule is Oc1cc2c(cc1CNCc1ncccn1)-c1ccc(OC(F)(F)F)cc1C2. The summed E-state index contributed by atoms with van der Waals surface area (Å²) in [7, 11) is 0. The molecule has 144 valence electrons. The van der Waals surface area contributed by atoms with Crippen molar-refractivity contribution in [2.75, 3.05) is 0 Å². The Morgan fingerprint density at radius 1 is 1.00 bits per heavy atom. The number of aromatic nitrogens is 2. The molecule has 0 fully saturated rings. The molecule has 0 amide bonds. The first-order valence-electron chi connectivity index (χ1n) is 8.59. The maximum Gasteiger partial charge on any atom is 0.573 e. The average molecular weight is 387 g/mol. The van der Waals surface area contributed by atoms with Gasteiger partial charge in [-0.05, 0) is 59.0 Å². The number of rotatable bonds is 5. The number of benzene rings is 2. The quantitative estimate of drug-likeness (QED) is 0.543. The monoisotopic (exact) mass is 387 g/mol. The molecule has 0 atom stereocenters. The number of phenolic OH excluding ortho intramolecular Hbond substituents is 1. The molecule has 1 heterocycles. The van der Waals surface area contributed by atoms with Crippen LogP contribution in [0.1, 0.15) is 22.5 Å². The smallest absolute Gasteiger partial charge is 0.508 e. The van der Waals surface area contributed by atoms with E-state index in [-0.39, 0.29) is 11.5 Å². The normalized spacial score (nSPS) is 12.5. The van der Waals surface area contributed by atoms with Gasteiger partial charge >= 0.3 is 6.36 Å². The molecular formula is C20H16F3N3O2. The number of halogens is 3. The first-order chi connectivity index (χ1) is 13.4. The van der Waals surface area contributed by atoms with Gasteiger partial charge in [-0.15, -0.1) is 13.2 Å². The van der Waals surface area contributed by atoms with E-state index in [0.717, 1.165) is 22.3 Å². The first kappa shape index (κ1) is 18.2. The number of nitrogens with zero attached hydrogens (tertiary/aromatic N) is 2. The molecule has 2 aromatic carbocycles. The van der Waals surface area contributed by atoms with Gasteiger partial charge in [0, 0.05) is 24.5 Å². The molecule has 1 aromatic heterocycles. The zero-order valence-electron chi connectivity index (χ0n) is 14.6. The maximum atomic E-state index is 12.4. The van der Waals surface area contributed by atoms with Crippen LogP contribution in [-0.4, -0.2) is 21.4 Å². The number of hydrogen-bond donors (Lipinski definition) is 2. The van der Waals surface area contributed by atoms with E-state index in [1.54, 1.807) is 30.6 Å². The lowest BCUT2D eigenvalue weighted by Crippen LogP contribution is -2.17. The van der Waals surface area contributed by atoms with Gasteiger partial charge in [-0.1, -0.05) is 6.07 Å². The second-order valence-corrected chi connectivity index (χ2v) is 6.45. The predicted molar refractivity (Wildman–Crippen MR) is 95.6 cm³/mol. The van der Waals surface area contributed by atoms with Crippen LogP contribution >= 0.6 is 0 Å². The van der Waals surface area contributed by atoms with Crippen LogP contribution in [0.4, 0.5) is 13.2 Å². The van der Waals surface area contributed by atoms with E-state index in [9.17, 15) is 18.3 Å². The number of phenols is 1. The fourth-order valence-electron chi connectivity index (χ4n) is 3.33. The van der Waals surface area contributed by atoms with E-state index in [1.165, 1.54) is 12.1 Å². The van der Waals surface area contributed by atoms with Crippen LogP contribution in [0.25, 0.3) is 11.1 Å². The molecule has 1 aliphatic carbocycles. The largest absolute Gasteiger partial charge is 0.573 e. The molecule has 2 N–H and O–H groups in total. The highest BCUT2D eigenvalue weighted by molar-refractivity contribution is 5.79. The van der Waals surface area contributed by atoms with Gasteiger partial charge in [-0.2, -0.15) is 0 Å². The topological polar surface area (TPSA) is 67.3 Å². The Morgan fingerprint density at radius 3 is 2.50 bits per heavy atom. The van der Waals surface area contributed by atoms with Crippen LogP contribution in [0.15, 0.2) is 48.8 Å². The van der Waals surface area contributed by atoms with Crippen molar-refractivity contribution in [2.24, 2.45) is 0 Å². The van der Waals surface area contributed by atoms with Gasteiger partial charge in [0.05, 0.1) is 6.54 Å². The average Bonchev–Trinajstić information content (AvgIpc) is 2.97. The van der Waals surface area contributed by atoms with E-state index >= 15 is 0 Å². The van der Waals surface area contributed by atoms with Gasteiger partial charge in [-0.3, -0.25) is 0 Å². The molecule has 1 aliphatic rings. The van der Waals surface area contributed by atoms with Crippen LogP contribution in [0, 0.1) is 0 Å². The minimum atomic E-state index is -4.72. The van der Waals surface area contributed by atoms with Crippen LogP contribution in [-0.2, 0) is 19.5 Å². The minimum Gasteiger partial charge on any atom is -0.508 e. The van der Waals surface area contributed by atoms with Crippen molar-refractivity contribution in [1.82, 2.24) is 15.3 Å². The summed E-state index contributed by atoms with van der Waals surface area (Å²) in [6.45, 7) is 0.855. The van der Waals surface area contributed by atoms with E-state index in [0.29, 0.717) is 30.9 Å². The lowest BCUT2D eigenvalue weighted by Gasteiger charge is -2.11. The zero-order valence-corrected chi connectivity index (χ0v) is 14.6. The minimum absolute atomic E-state index is 0.139. The summed E-state index contributed by atoms with van der Waals surface area (Å²) in [6.07, 6.45) is -0.965. The number of aromatic hydroxyl groups is 1. The van der Waals surface area contributed by atoms with Gasteiger partial charge in [0.25, 0.3) is 0 Å². The Labute approximate surface area is 158 Å². The highest BCUT2D eigenvalue weighted by Gasteiger charge is 2.32. The number of hydrogen-bond acceptors (Lipinski definition) is 5. The van der Waals surface area contributed by atoms with Gasteiger partial charge in [0.2, 0.25) is 0 Å². The summed E-state index contributed by atoms with van der Waals surface area (Å²) >= 11 is 0. The van der Waals surface area contributed by atoms with Crippen molar-refractivity contribution in [2.45, 2.75) is 25.9 Å². The van der Waals surface area contributed by atoms with Gasteiger partial charge in [0.15, 0.2) is 0 Å². The molecule has 28 heavy (non-hydrogen) atoms. The molecule has 0 saturated carbocycles. The summed E-state index contributed by atoms with van der Waals surface area (Å²) in [5.74, 6) is 0.540. The third-order valence-corrected chi connectivity index (χ3v) is 4.50. The molecule has 0 saturated heterocycles. The number of alkyl halides is 3. The maximum absolute atomic E-state index is 12.4. The van der Waals surface area contributed by atoms with Crippen molar-refractivity contribution in [3.63, 3.8) is 0 Å². The van der Waals surface area contributed by atoms with Crippen molar-refractivity contribution in [3.05, 3.63) is 71.3 Å². The van der Waals surface area contributed by atoms with Gasteiger partial charge in [0.1, 0.15) is 17.3 Å². The highest BCUT2D eigenvalue weighted by atomic mass is 19.4. The molecule has 3 aromatic rings. The van der Waals surface area contributed by atoms with Crippen LogP contribution in [0.5, 0.6) is 11.5 Å². The molecule has 0 aliphatic heterocycles. The Kier molecular flexibility index (Phi) is 4.64. The summed E-state index contributed by atoms with van der Waals surface area (Å²) in [5.41, 5.74) is 4.04.